The van der Waals surface area contributed by atoms with Crippen molar-refractivity contribution in [1.82, 2.24) is 29.5 Å². The van der Waals surface area contributed by atoms with Crippen molar-refractivity contribution in [2.24, 2.45) is 0 Å². The molecule has 3 aromatic carbocycles. The molecule has 0 saturated carbocycles. The van der Waals surface area contributed by atoms with Gasteiger partial charge < -0.3 is 9.47 Å². The number of methoxy groups -OCH3 is 2. The van der Waals surface area contributed by atoms with Crippen LogP contribution in [-0.4, -0.2) is 56.3 Å². The lowest BCUT2D eigenvalue weighted by Crippen LogP contribution is -2.00. The van der Waals surface area contributed by atoms with Gasteiger partial charge in [-0.05, 0) is 61.0 Å². The molecule has 36 heavy (non-hydrogen) atoms. The monoisotopic (exact) mass is 516 g/mol. The van der Waals surface area contributed by atoms with E-state index in [0.717, 1.165) is 56.0 Å². The number of nitrogens with zero attached hydrogens (tertiary/aromatic N) is 6. The Morgan fingerprint density at radius 3 is 1.19 bits per heavy atom. The Morgan fingerprint density at radius 1 is 0.528 bits per heavy atom. The first kappa shape index (κ1) is 24.0. The summed E-state index contributed by atoms with van der Waals surface area (Å²) in [6.07, 6.45) is 3.98. The summed E-state index contributed by atoms with van der Waals surface area (Å²) in [6.45, 7) is 0. The molecule has 182 valence electrons. The van der Waals surface area contributed by atoms with Crippen molar-refractivity contribution in [3.8, 4) is 45.6 Å². The Labute approximate surface area is 217 Å². The van der Waals surface area contributed by atoms with Crippen molar-refractivity contribution in [3.05, 3.63) is 72.8 Å². The summed E-state index contributed by atoms with van der Waals surface area (Å²) in [7, 11) is 3.32. The molecule has 0 aliphatic carbocycles. The summed E-state index contributed by atoms with van der Waals surface area (Å²) in [5.74, 6) is 3.12. The fraction of sp³-hybridized carbons (Fsp3) is 0.154. The fourth-order valence-electron chi connectivity index (χ4n) is 3.87. The zero-order valence-corrected chi connectivity index (χ0v) is 21.9. The molecule has 8 nitrogen and oxygen atoms in total. The molecule has 0 fully saturated rings. The molecule has 0 unspecified atom stereocenters. The summed E-state index contributed by atoms with van der Waals surface area (Å²) >= 11 is 3.10. The maximum atomic E-state index is 5.31. The van der Waals surface area contributed by atoms with Crippen LogP contribution in [0.15, 0.2) is 83.1 Å². The van der Waals surface area contributed by atoms with Crippen LogP contribution >= 0.6 is 23.5 Å². The van der Waals surface area contributed by atoms with Gasteiger partial charge in [0.05, 0.1) is 14.2 Å². The third-order valence-electron chi connectivity index (χ3n) is 5.69. The summed E-state index contributed by atoms with van der Waals surface area (Å²) in [5, 5.41) is 19.4. The highest BCUT2D eigenvalue weighted by atomic mass is 32.2. The minimum Gasteiger partial charge on any atom is -0.497 e. The van der Waals surface area contributed by atoms with Crippen LogP contribution in [0.5, 0.6) is 11.5 Å². The van der Waals surface area contributed by atoms with E-state index >= 15 is 0 Å². The molecule has 0 aliphatic heterocycles. The smallest absolute Gasteiger partial charge is 0.195 e. The molecule has 0 radical (unpaired) electrons. The molecule has 0 N–H and O–H groups in total. The minimum absolute atomic E-state index is 0.762. The molecule has 0 aliphatic rings. The topological polar surface area (TPSA) is 79.9 Å². The lowest BCUT2D eigenvalue weighted by molar-refractivity contribution is 0.414. The molecule has 0 bridgehead atoms. The van der Waals surface area contributed by atoms with Crippen LogP contribution in [0.25, 0.3) is 34.2 Å². The summed E-state index contributed by atoms with van der Waals surface area (Å²) in [6, 6.07) is 23.9. The van der Waals surface area contributed by atoms with Crippen molar-refractivity contribution < 1.29 is 9.47 Å². The first-order chi connectivity index (χ1) is 17.7. The van der Waals surface area contributed by atoms with Gasteiger partial charge in [-0.2, -0.15) is 0 Å². The van der Waals surface area contributed by atoms with Crippen molar-refractivity contribution in [1.29, 1.82) is 0 Å². The van der Waals surface area contributed by atoms with Crippen LogP contribution in [0.1, 0.15) is 0 Å². The van der Waals surface area contributed by atoms with Gasteiger partial charge in [0.15, 0.2) is 22.0 Å². The van der Waals surface area contributed by atoms with Gasteiger partial charge in [-0.25, -0.2) is 0 Å². The van der Waals surface area contributed by atoms with Gasteiger partial charge >= 0.3 is 0 Å². The van der Waals surface area contributed by atoms with Gasteiger partial charge in [0.25, 0.3) is 0 Å². The van der Waals surface area contributed by atoms with E-state index < -0.39 is 0 Å². The fourth-order valence-corrected chi connectivity index (χ4v) is 4.87. The van der Waals surface area contributed by atoms with Crippen LogP contribution in [0.4, 0.5) is 0 Å². The highest BCUT2D eigenvalue weighted by Gasteiger charge is 2.18. The van der Waals surface area contributed by atoms with Gasteiger partial charge in [0, 0.05) is 22.5 Å². The van der Waals surface area contributed by atoms with Crippen LogP contribution in [0.3, 0.4) is 0 Å². The average Bonchev–Trinajstić information content (AvgIpc) is 3.58. The third-order valence-corrected chi connectivity index (χ3v) is 6.95. The van der Waals surface area contributed by atoms with E-state index in [-0.39, 0.29) is 0 Å². The maximum Gasteiger partial charge on any atom is 0.195 e. The van der Waals surface area contributed by atoms with Crippen molar-refractivity contribution in [2.45, 2.75) is 10.3 Å². The number of hydrogen-bond donors (Lipinski definition) is 0. The van der Waals surface area contributed by atoms with E-state index in [4.69, 9.17) is 9.47 Å². The molecular formula is C26H24N6O2S2. The van der Waals surface area contributed by atoms with E-state index in [1.54, 1.807) is 37.7 Å². The summed E-state index contributed by atoms with van der Waals surface area (Å²) < 4.78 is 14.7. The van der Waals surface area contributed by atoms with E-state index in [1.807, 2.05) is 94.4 Å². The average molecular weight is 517 g/mol. The molecule has 0 spiro atoms. The number of aromatic nitrogens is 6. The first-order valence-corrected chi connectivity index (χ1v) is 13.5. The van der Waals surface area contributed by atoms with Crippen LogP contribution in [0, 0.1) is 0 Å². The number of hydrogen-bond acceptors (Lipinski definition) is 8. The number of thioether (sulfide) groups is 2. The second kappa shape index (κ2) is 10.5. The number of ether oxygens (including phenoxy) is 2. The molecule has 0 saturated heterocycles. The van der Waals surface area contributed by atoms with Gasteiger partial charge in [0.1, 0.15) is 11.5 Å². The highest BCUT2D eigenvalue weighted by molar-refractivity contribution is 7.98. The van der Waals surface area contributed by atoms with Gasteiger partial charge in [-0.3, -0.25) is 9.13 Å². The normalized spacial score (nSPS) is 11.0. The minimum atomic E-state index is 0.762. The van der Waals surface area contributed by atoms with Crippen molar-refractivity contribution in [2.75, 3.05) is 26.7 Å². The molecule has 5 aromatic rings. The lowest BCUT2D eigenvalue weighted by Gasteiger charge is -2.12. The summed E-state index contributed by atoms with van der Waals surface area (Å²) in [5.41, 5.74) is 3.83. The molecule has 10 heteroatoms. The van der Waals surface area contributed by atoms with Gasteiger partial charge in [-0.15, -0.1) is 20.4 Å². The zero-order chi connectivity index (χ0) is 25.1. The third kappa shape index (κ3) is 4.45. The zero-order valence-electron chi connectivity index (χ0n) is 20.2. The van der Waals surface area contributed by atoms with Crippen molar-refractivity contribution >= 4 is 23.5 Å². The van der Waals surface area contributed by atoms with E-state index in [1.165, 1.54) is 0 Å². The predicted octanol–water partition coefficient (Wildman–Crippen LogP) is 5.64. The van der Waals surface area contributed by atoms with Crippen LogP contribution in [0.2, 0.25) is 0 Å². The largest absolute Gasteiger partial charge is 0.497 e. The standard InChI is InChI=1S/C26H24N6O2S2/c1-33-21-13-9-19(10-14-21)31-23(27-29-25(31)35-3)17-5-7-18(8-6-17)24-28-30-26(36-4)32(24)20-11-15-22(34-2)16-12-20/h5-16H,1-4H3. The quantitative estimate of drug-likeness (QED) is 0.245. The van der Waals surface area contributed by atoms with Gasteiger partial charge in [0.2, 0.25) is 0 Å². The van der Waals surface area contributed by atoms with E-state index in [2.05, 4.69) is 20.4 Å². The Morgan fingerprint density at radius 2 is 0.889 bits per heavy atom. The first-order valence-electron chi connectivity index (χ1n) is 11.0. The maximum absolute atomic E-state index is 5.31. The molecular weight excluding hydrogens is 492 g/mol. The second-order valence-corrected chi connectivity index (χ2v) is 9.21. The van der Waals surface area contributed by atoms with Crippen molar-refractivity contribution in [3.63, 3.8) is 0 Å². The van der Waals surface area contributed by atoms with Gasteiger partial charge in [-0.1, -0.05) is 47.8 Å². The number of rotatable bonds is 8. The van der Waals surface area contributed by atoms with Crippen LogP contribution in [-0.2, 0) is 0 Å². The molecule has 2 heterocycles. The predicted molar refractivity (Wildman–Crippen MR) is 144 cm³/mol. The SMILES string of the molecule is COc1ccc(-n2c(SC)nnc2-c2ccc(-c3nnc(SC)n3-c3ccc(OC)cc3)cc2)cc1. The highest BCUT2D eigenvalue weighted by Crippen LogP contribution is 2.31. The van der Waals surface area contributed by atoms with E-state index in [9.17, 15) is 0 Å². The Balaban J connectivity index is 1.53. The second-order valence-electron chi connectivity index (χ2n) is 7.66. The molecule has 5 rings (SSSR count). The lowest BCUT2D eigenvalue weighted by atomic mass is 10.1. The number of benzene rings is 3. The Hall–Kier alpha value is -3.76. The Kier molecular flexibility index (Phi) is 6.97. The molecule has 0 amide bonds. The Bertz CT molecular complexity index is 1350. The van der Waals surface area contributed by atoms with Crippen LogP contribution < -0.4 is 9.47 Å². The molecule has 0 atom stereocenters. The summed E-state index contributed by atoms with van der Waals surface area (Å²) in [4.78, 5) is 0. The molecule has 2 aromatic heterocycles. The van der Waals surface area contributed by atoms with E-state index in [0.29, 0.717) is 0 Å².